The van der Waals surface area contributed by atoms with Gasteiger partial charge in [-0.1, -0.05) is 0 Å². The molecule has 1 unspecified atom stereocenters. The van der Waals surface area contributed by atoms with Gasteiger partial charge in [0.05, 0.1) is 6.10 Å². The zero-order chi connectivity index (χ0) is 12.3. The summed E-state index contributed by atoms with van der Waals surface area (Å²) in [4.78, 5) is 2.27. The van der Waals surface area contributed by atoms with E-state index in [4.69, 9.17) is 10.5 Å². The average Bonchev–Trinajstić information content (AvgIpc) is 2.34. The lowest BCUT2D eigenvalue weighted by molar-refractivity contribution is 0.0286. The van der Waals surface area contributed by atoms with Crippen LogP contribution in [0.15, 0.2) is 18.2 Å². The molecule has 1 aliphatic rings. The van der Waals surface area contributed by atoms with Crippen LogP contribution in [0.3, 0.4) is 0 Å². The van der Waals surface area contributed by atoms with E-state index in [1.54, 1.807) is 13.2 Å². The lowest BCUT2D eigenvalue weighted by Crippen LogP contribution is -2.38. The van der Waals surface area contributed by atoms with Crippen molar-refractivity contribution in [2.45, 2.75) is 25.5 Å². The number of anilines is 1. The summed E-state index contributed by atoms with van der Waals surface area (Å²) in [6.45, 7) is 2.62. The maximum absolute atomic E-state index is 13.1. The van der Waals surface area contributed by atoms with Crippen LogP contribution < -0.4 is 5.73 Å². The highest BCUT2D eigenvalue weighted by atomic mass is 19.1. The summed E-state index contributed by atoms with van der Waals surface area (Å²) in [5.41, 5.74) is 7.37. The molecule has 1 aromatic carbocycles. The minimum Gasteiger partial charge on any atom is -0.398 e. The van der Waals surface area contributed by atoms with Gasteiger partial charge in [-0.3, -0.25) is 4.90 Å². The van der Waals surface area contributed by atoms with Gasteiger partial charge in [-0.15, -0.1) is 0 Å². The number of likely N-dealkylation sites (tertiary alicyclic amines) is 1. The minimum atomic E-state index is -0.227. The van der Waals surface area contributed by atoms with Crippen molar-refractivity contribution in [3.63, 3.8) is 0 Å². The molecule has 0 amide bonds. The van der Waals surface area contributed by atoms with Gasteiger partial charge in [0.25, 0.3) is 0 Å². The van der Waals surface area contributed by atoms with Crippen molar-refractivity contribution in [1.29, 1.82) is 0 Å². The predicted molar refractivity (Wildman–Crippen MR) is 66.1 cm³/mol. The molecule has 3 nitrogen and oxygen atoms in total. The van der Waals surface area contributed by atoms with E-state index in [2.05, 4.69) is 4.90 Å². The third kappa shape index (κ3) is 3.17. The molecular formula is C13H19FN2O. The van der Waals surface area contributed by atoms with E-state index in [1.165, 1.54) is 12.1 Å². The molecule has 17 heavy (non-hydrogen) atoms. The highest BCUT2D eigenvalue weighted by Crippen LogP contribution is 2.19. The van der Waals surface area contributed by atoms with Crippen molar-refractivity contribution in [3.8, 4) is 0 Å². The van der Waals surface area contributed by atoms with E-state index in [1.807, 2.05) is 0 Å². The van der Waals surface area contributed by atoms with Crippen LogP contribution >= 0.6 is 0 Å². The first kappa shape index (κ1) is 12.3. The minimum absolute atomic E-state index is 0.227. The second kappa shape index (κ2) is 5.47. The van der Waals surface area contributed by atoms with Crippen LogP contribution in [0, 0.1) is 5.82 Å². The molecule has 0 aliphatic carbocycles. The van der Waals surface area contributed by atoms with Crippen LogP contribution in [0.2, 0.25) is 0 Å². The van der Waals surface area contributed by atoms with Gasteiger partial charge < -0.3 is 10.5 Å². The molecule has 0 saturated carbocycles. The molecule has 0 aromatic heterocycles. The third-order valence-corrected chi connectivity index (χ3v) is 3.29. The number of nitrogens with two attached hydrogens (primary N) is 1. The van der Waals surface area contributed by atoms with Crippen molar-refractivity contribution in [2.75, 3.05) is 25.9 Å². The normalized spacial score (nSPS) is 21.6. The van der Waals surface area contributed by atoms with Crippen molar-refractivity contribution in [2.24, 2.45) is 0 Å². The van der Waals surface area contributed by atoms with Crippen molar-refractivity contribution in [3.05, 3.63) is 29.6 Å². The highest BCUT2D eigenvalue weighted by Gasteiger charge is 2.19. The van der Waals surface area contributed by atoms with Crippen LogP contribution in [-0.2, 0) is 11.3 Å². The maximum Gasteiger partial charge on any atom is 0.123 e. The largest absolute Gasteiger partial charge is 0.398 e. The van der Waals surface area contributed by atoms with Crippen molar-refractivity contribution < 1.29 is 9.13 Å². The molecule has 94 valence electrons. The van der Waals surface area contributed by atoms with Crippen LogP contribution in [0.5, 0.6) is 0 Å². The molecule has 0 bridgehead atoms. The standard InChI is InChI=1S/C13H19FN2O/c1-17-12-3-2-6-16(9-12)8-10-7-11(14)4-5-13(10)15/h4-5,7,12H,2-3,6,8-9,15H2,1H3. The number of ether oxygens (including phenoxy) is 1. The topological polar surface area (TPSA) is 38.5 Å². The number of methoxy groups -OCH3 is 1. The molecule has 1 aliphatic heterocycles. The number of piperidine rings is 1. The summed E-state index contributed by atoms with van der Waals surface area (Å²) >= 11 is 0. The molecular weight excluding hydrogens is 219 g/mol. The first-order valence-corrected chi connectivity index (χ1v) is 5.98. The average molecular weight is 238 g/mol. The fourth-order valence-corrected chi connectivity index (χ4v) is 2.30. The number of rotatable bonds is 3. The number of benzene rings is 1. The quantitative estimate of drug-likeness (QED) is 0.819. The summed E-state index contributed by atoms with van der Waals surface area (Å²) < 4.78 is 18.5. The molecule has 1 fully saturated rings. The van der Waals surface area contributed by atoms with E-state index < -0.39 is 0 Å². The van der Waals surface area contributed by atoms with Gasteiger partial charge in [0.15, 0.2) is 0 Å². The van der Waals surface area contributed by atoms with Gasteiger partial charge in [0, 0.05) is 25.9 Å². The van der Waals surface area contributed by atoms with Gasteiger partial charge in [0.2, 0.25) is 0 Å². The van der Waals surface area contributed by atoms with E-state index >= 15 is 0 Å². The van der Waals surface area contributed by atoms with Gasteiger partial charge in [-0.25, -0.2) is 4.39 Å². The molecule has 1 heterocycles. The smallest absolute Gasteiger partial charge is 0.123 e. The summed E-state index contributed by atoms with van der Waals surface area (Å²) in [7, 11) is 1.74. The highest BCUT2D eigenvalue weighted by molar-refractivity contribution is 5.46. The Bertz CT molecular complexity index is 384. The Hall–Kier alpha value is -1.13. The third-order valence-electron chi connectivity index (χ3n) is 3.29. The monoisotopic (exact) mass is 238 g/mol. The molecule has 0 spiro atoms. The number of nitrogens with zero attached hydrogens (tertiary/aromatic N) is 1. The first-order valence-electron chi connectivity index (χ1n) is 5.98. The fourth-order valence-electron chi connectivity index (χ4n) is 2.30. The number of halogens is 1. The van der Waals surface area contributed by atoms with Gasteiger partial charge in [0.1, 0.15) is 5.82 Å². The Balaban J connectivity index is 2.02. The Morgan fingerprint density at radius 3 is 3.12 bits per heavy atom. The molecule has 1 saturated heterocycles. The van der Waals surface area contributed by atoms with Crippen molar-refractivity contribution in [1.82, 2.24) is 4.90 Å². The summed E-state index contributed by atoms with van der Waals surface area (Å²) in [5.74, 6) is -0.227. The molecule has 1 atom stereocenters. The van der Waals surface area contributed by atoms with Crippen LogP contribution in [0.4, 0.5) is 10.1 Å². The van der Waals surface area contributed by atoms with E-state index in [-0.39, 0.29) is 5.82 Å². The van der Waals surface area contributed by atoms with Gasteiger partial charge in [-0.05, 0) is 43.1 Å². The van der Waals surface area contributed by atoms with Crippen LogP contribution in [0.25, 0.3) is 0 Å². The number of hydrogen-bond donors (Lipinski definition) is 1. The second-order valence-electron chi connectivity index (χ2n) is 4.58. The summed E-state index contributed by atoms with van der Waals surface area (Å²) in [6.07, 6.45) is 2.51. The SMILES string of the molecule is COC1CCCN(Cc2cc(F)ccc2N)C1. The lowest BCUT2D eigenvalue weighted by Gasteiger charge is -2.32. The zero-order valence-electron chi connectivity index (χ0n) is 10.2. The van der Waals surface area contributed by atoms with E-state index in [9.17, 15) is 4.39 Å². The van der Waals surface area contributed by atoms with E-state index in [0.29, 0.717) is 18.3 Å². The molecule has 2 rings (SSSR count). The Kier molecular flexibility index (Phi) is 3.97. The zero-order valence-corrected chi connectivity index (χ0v) is 10.2. The Morgan fingerprint density at radius 1 is 1.53 bits per heavy atom. The molecule has 0 radical (unpaired) electrons. The lowest BCUT2D eigenvalue weighted by atomic mass is 10.1. The molecule has 1 aromatic rings. The van der Waals surface area contributed by atoms with Gasteiger partial charge in [-0.2, -0.15) is 0 Å². The fraction of sp³-hybridized carbons (Fsp3) is 0.538. The second-order valence-corrected chi connectivity index (χ2v) is 4.58. The predicted octanol–water partition coefficient (Wildman–Crippen LogP) is 2.02. The summed E-state index contributed by atoms with van der Waals surface area (Å²) in [5, 5.41) is 0. The Labute approximate surface area is 101 Å². The number of hydrogen-bond acceptors (Lipinski definition) is 3. The van der Waals surface area contributed by atoms with Crippen LogP contribution in [-0.4, -0.2) is 31.2 Å². The molecule has 4 heteroatoms. The molecule has 2 N–H and O–H groups in total. The van der Waals surface area contributed by atoms with Crippen LogP contribution in [0.1, 0.15) is 18.4 Å². The number of nitrogen functional groups attached to an aromatic ring is 1. The first-order chi connectivity index (χ1) is 8.19. The Morgan fingerprint density at radius 2 is 2.35 bits per heavy atom. The van der Waals surface area contributed by atoms with E-state index in [0.717, 1.165) is 31.5 Å². The maximum atomic E-state index is 13.1. The van der Waals surface area contributed by atoms with Gasteiger partial charge >= 0.3 is 0 Å². The van der Waals surface area contributed by atoms with Crippen molar-refractivity contribution >= 4 is 5.69 Å². The summed E-state index contributed by atoms with van der Waals surface area (Å²) in [6, 6.07) is 4.54.